The number of nitrogens with two attached hydrogens (primary N) is 1. The molecule has 0 bridgehead atoms. The highest BCUT2D eigenvalue weighted by atomic mass is 16.2. The van der Waals surface area contributed by atoms with Gasteiger partial charge in [-0.3, -0.25) is 20.3 Å². The van der Waals surface area contributed by atoms with Crippen LogP contribution in [0.5, 0.6) is 0 Å². The van der Waals surface area contributed by atoms with Gasteiger partial charge in [0, 0.05) is 28.4 Å². The molecule has 19 heavy (non-hydrogen) atoms. The average Bonchev–Trinajstić information content (AvgIpc) is 2.44. The molecule has 1 heterocycles. The molecule has 0 radical (unpaired) electrons. The first-order valence-electron chi connectivity index (χ1n) is 6.07. The summed E-state index contributed by atoms with van der Waals surface area (Å²) in [5.74, 6) is 4.97. The first-order chi connectivity index (χ1) is 9.19. The smallest absolute Gasteiger partial charge is 0.261 e. The van der Waals surface area contributed by atoms with E-state index >= 15 is 0 Å². The molecule has 0 spiro atoms. The summed E-state index contributed by atoms with van der Waals surface area (Å²) in [6.07, 6.45) is 0. The fourth-order valence-electron chi connectivity index (χ4n) is 2.56. The fraction of sp³-hybridized carbons (Fsp3) is 0.143. The van der Waals surface area contributed by atoms with E-state index in [1.165, 1.54) is 4.90 Å². The summed E-state index contributed by atoms with van der Waals surface area (Å²) >= 11 is 0. The van der Waals surface area contributed by atoms with Gasteiger partial charge in [0.05, 0.1) is 5.69 Å². The van der Waals surface area contributed by atoms with Crippen molar-refractivity contribution >= 4 is 28.3 Å². The minimum Gasteiger partial charge on any atom is -0.324 e. The van der Waals surface area contributed by atoms with Crippen LogP contribution in [0.1, 0.15) is 27.6 Å². The minimum absolute atomic E-state index is 0.250. The topological polar surface area (TPSA) is 75.4 Å². The number of nitrogens with one attached hydrogen (secondary N) is 1. The Morgan fingerprint density at radius 1 is 1.11 bits per heavy atom. The van der Waals surface area contributed by atoms with Crippen molar-refractivity contribution in [1.29, 1.82) is 0 Å². The van der Waals surface area contributed by atoms with Crippen molar-refractivity contribution in [3.05, 3.63) is 41.5 Å². The summed E-state index contributed by atoms with van der Waals surface area (Å²) in [4.78, 5) is 25.9. The summed E-state index contributed by atoms with van der Waals surface area (Å²) in [7, 11) is 0. The quantitative estimate of drug-likeness (QED) is 0.487. The fourth-order valence-corrected chi connectivity index (χ4v) is 2.56. The largest absolute Gasteiger partial charge is 0.324 e. The van der Waals surface area contributed by atoms with Gasteiger partial charge >= 0.3 is 0 Å². The summed E-state index contributed by atoms with van der Waals surface area (Å²) in [5, 5.41) is 1.47. The van der Waals surface area contributed by atoms with Crippen LogP contribution < -0.4 is 11.3 Å². The molecule has 0 saturated carbocycles. The third-order valence-corrected chi connectivity index (χ3v) is 3.46. The van der Waals surface area contributed by atoms with Crippen molar-refractivity contribution in [2.45, 2.75) is 6.92 Å². The predicted molar refractivity (Wildman–Crippen MR) is 72.8 cm³/mol. The first-order valence-corrected chi connectivity index (χ1v) is 6.07. The number of nitrogens with zero attached hydrogens (tertiary/aromatic N) is 1. The molecule has 3 rings (SSSR count). The molecule has 0 fully saturated rings. The van der Waals surface area contributed by atoms with E-state index in [2.05, 4.69) is 5.43 Å². The number of hydrazine groups is 1. The molecule has 0 aliphatic carbocycles. The second-order valence-corrected chi connectivity index (χ2v) is 4.39. The first kappa shape index (κ1) is 11.7. The number of carbonyl (C=O) groups excluding carboxylic acids is 2. The minimum atomic E-state index is -0.250. The second-order valence-electron chi connectivity index (χ2n) is 4.39. The van der Waals surface area contributed by atoms with E-state index < -0.39 is 0 Å². The molecule has 5 heteroatoms. The lowest BCUT2D eigenvalue weighted by Gasteiger charge is -2.26. The number of hydrogen-bond donors (Lipinski definition) is 2. The van der Waals surface area contributed by atoms with Crippen LogP contribution in [-0.4, -0.2) is 23.3 Å². The molecular weight excluding hydrogens is 242 g/mol. The molecule has 1 aliphatic rings. The van der Waals surface area contributed by atoms with Crippen LogP contribution in [-0.2, 0) is 0 Å². The highest BCUT2D eigenvalue weighted by Crippen LogP contribution is 2.33. The molecule has 2 aromatic carbocycles. The number of rotatable bonds is 2. The molecule has 0 aromatic heterocycles. The number of carbonyl (C=O) groups is 2. The van der Waals surface area contributed by atoms with Gasteiger partial charge in [0.2, 0.25) is 0 Å². The highest BCUT2D eigenvalue weighted by Gasteiger charge is 2.31. The Morgan fingerprint density at radius 2 is 1.79 bits per heavy atom. The van der Waals surface area contributed by atoms with Gasteiger partial charge in [0.1, 0.15) is 0 Å². The van der Waals surface area contributed by atoms with Crippen LogP contribution >= 0.6 is 0 Å². The van der Waals surface area contributed by atoms with Crippen LogP contribution in [0.4, 0.5) is 5.69 Å². The van der Waals surface area contributed by atoms with Crippen LogP contribution in [0.15, 0.2) is 30.3 Å². The molecule has 0 atom stereocenters. The summed E-state index contributed by atoms with van der Waals surface area (Å²) < 4.78 is 0. The molecule has 3 N–H and O–H groups in total. The maximum Gasteiger partial charge on any atom is 0.261 e. The Morgan fingerprint density at radius 3 is 2.42 bits per heavy atom. The van der Waals surface area contributed by atoms with Crippen LogP contribution in [0.3, 0.4) is 0 Å². The number of hydrogen-bond acceptors (Lipinski definition) is 4. The maximum atomic E-state index is 12.3. The third kappa shape index (κ3) is 1.45. The predicted octanol–water partition coefficient (Wildman–Crippen LogP) is 1.74. The molecule has 0 unspecified atom stereocenters. The molecule has 2 aromatic rings. The van der Waals surface area contributed by atoms with E-state index in [-0.39, 0.29) is 11.8 Å². The van der Waals surface area contributed by atoms with E-state index in [0.29, 0.717) is 28.7 Å². The zero-order chi connectivity index (χ0) is 13.6. The van der Waals surface area contributed by atoms with Crippen molar-refractivity contribution in [2.75, 3.05) is 12.0 Å². The molecule has 1 aliphatic heterocycles. The second kappa shape index (κ2) is 4.07. The van der Waals surface area contributed by atoms with Crippen molar-refractivity contribution in [1.82, 2.24) is 4.90 Å². The van der Waals surface area contributed by atoms with Gasteiger partial charge in [-0.05, 0) is 25.1 Å². The molecule has 5 nitrogen and oxygen atoms in total. The van der Waals surface area contributed by atoms with Gasteiger partial charge in [-0.2, -0.15) is 0 Å². The SMILES string of the molecule is CCN1C(=O)c2cccc3c(NN)ccc(c23)C1=O. The van der Waals surface area contributed by atoms with E-state index in [0.717, 1.165) is 5.39 Å². The Bertz CT molecular complexity index is 687. The molecule has 96 valence electrons. The Hall–Kier alpha value is -2.40. The number of amides is 2. The maximum absolute atomic E-state index is 12.3. The Balaban J connectivity index is 2.42. The van der Waals surface area contributed by atoms with Crippen molar-refractivity contribution in [3.8, 4) is 0 Å². The monoisotopic (exact) mass is 255 g/mol. The van der Waals surface area contributed by atoms with E-state index in [4.69, 9.17) is 5.84 Å². The standard InChI is InChI=1S/C14H13N3O2/c1-2-17-13(18)9-5-3-4-8-11(16-15)7-6-10(12(8)9)14(17)19/h3-7,16H,2,15H2,1H3. The average molecular weight is 255 g/mol. The third-order valence-electron chi connectivity index (χ3n) is 3.46. The van der Waals surface area contributed by atoms with Gasteiger partial charge < -0.3 is 5.43 Å². The highest BCUT2D eigenvalue weighted by molar-refractivity contribution is 6.26. The lowest BCUT2D eigenvalue weighted by Crippen LogP contribution is -2.40. The lowest BCUT2D eigenvalue weighted by molar-refractivity contribution is 0.0619. The van der Waals surface area contributed by atoms with E-state index in [1.807, 2.05) is 6.07 Å². The summed E-state index contributed by atoms with van der Waals surface area (Å²) in [6.45, 7) is 2.15. The van der Waals surface area contributed by atoms with Gasteiger partial charge in [-0.1, -0.05) is 12.1 Å². The van der Waals surface area contributed by atoms with Crippen molar-refractivity contribution in [2.24, 2.45) is 5.84 Å². The van der Waals surface area contributed by atoms with Crippen molar-refractivity contribution < 1.29 is 9.59 Å². The lowest BCUT2D eigenvalue weighted by atomic mass is 9.93. The summed E-state index contributed by atoms with van der Waals surface area (Å²) in [6, 6.07) is 8.84. The molecule has 0 saturated heterocycles. The van der Waals surface area contributed by atoms with Gasteiger partial charge in [-0.15, -0.1) is 0 Å². The zero-order valence-corrected chi connectivity index (χ0v) is 10.4. The number of benzene rings is 2. The van der Waals surface area contributed by atoms with Gasteiger partial charge in [0.25, 0.3) is 11.8 Å². The Kier molecular flexibility index (Phi) is 2.50. The molecular formula is C14H13N3O2. The number of anilines is 1. The van der Waals surface area contributed by atoms with Crippen LogP contribution in [0, 0.1) is 0 Å². The van der Waals surface area contributed by atoms with E-state index in [1.54, 1.807) is 31.2 Å². The van der Waals surface area contributed by atoms with Gasteiger partial charge in [-0.25, -0.2) is 0 Å². The summed E-state index contributed by atoms with van der Waals surface area (Å²) in [5.41, 5.74) is 4.39. The van der Waals surface area contributed by atoms with Crippen LogP contribution in [0.2, 0.25) is 0 Å². The van der Waals surface area contributed by atoms with Crippen LogP contribution in [0.25, 0.3) is 10.8 Å². The van der Waals surface area contributed by atoms with E-state index in [9.17, 15) is 9.59 Å². The Labute approximate surface area is 110 Å². The normalized spacial score (nSPS) is 14.1. The van der Waals surface area contributed by atoms with Gasteiger partial charge in [0.15, 0.2) is 0 Å². The zero-order valence-electron chi connectivity index (χ0n) is 10.4. The number of imide groups is 1. The molecule has 2 amide bonds. The number of nitrogen functional groups attached to an aromatic ring is 1. The van der Waals surface area contributed by atoms with Crippen molar-refractivity contribution in [3.63, 3.8) is 0 Å².